The number of aliphatic hydroxyl groups excluding tert-OH is 2. The van der Waals surface area contributed by atoms with E-state index in [0.29, 0.717) is 0 Å². The molecule has 3 fully saturated rings. The average molecular weight is 659 g/mol. The zero-order chi connectivity index (χ0) is 31.0. The lowest BCUT2D eigenvalue weighted by Gasteiger charge is -2.25. The van der Waals surface area contributed by atoms with E-state index < -0.39 is 83.5 Å². The maximum Gasteiger partial charge on any atom is 0.472 e. The van der Waals surface area contributed by atoms with E-state index in [2.05, 4.69) is 29.9 Å². The van der Waals surface area contributed by atoms with Gasteiger partial charge >= 0.3 is 15.6 Å². The number of anilines is 1. The van der Waals surface area contributed by atoms with Gasteiger partial charge in [-0.2, -0.15) is 0 Å². The Bertz CT molecular complexity index is 1880. The number of fused-ring (bicyclic) bond motifs is 5. The standard InChI is InChI=1S/C20H23N9O13P2/c21-15-9-16(23-3-22-15)29(5-26-9)20-14-11(30)7(39-20)1-37-43(33,34)41-13-8(2-38-44(35,36)42-14)40-19(12(13)31)28-6-27-10-17(28)24-4-25-18(10)32/h3-8,11-14,19-20,30-31H,1-2H2,(H,33,34)(H,35,36)(H2,21,22,23)(H,24,25,32)/t7?,8?,11-,12-,13-,14-,19?,20+/m1/s1. The van der Waals surface area contributed by atoms with E-state index in [0.717, 1.165) is 19.0 Å². The molecule has 3 aliphatic rings. The van der Waals surface area contributed by atoms with Crippen molar-refractivity contribution in [3.05, 3.63) is 35.7 Å². The van der Waals surface area contributed by atoms with Gasteiger partial charge in [0.25, 0.3) is 5.56 Å². The van der Waals surface area contributed by atoms with Crippen molar-refractivity contribution in [1.82, 2.24) is 39.0 Å². The van der Waals surface area contributed by atoms with Crippen LogP contribution < -0.4 is 11.3 Å². The molecule has 0 radical (unpaired) electrons. The molecule has 24 heteroatoms. The number of aromatic amines is 1. The quantitative estimate of drug-likeness (QED) is 0.128. The highest BCUT2D eigenvalue weighted by Crippen LogP contribution is 2.53. The summed E-state index contributed by atoms with van der Waals surface area (Å²) in [6.45, 7) is -1.61. The summed E-state index contributed by atoms with van der Waals surface area (Å²) < 4.78 is 61.1. The summed E-state index contributed by atoms with van der Waals surface area (Å²) >= 11 is 0. The van der Waals surface area contributed by atoms with Gasteiger partial charge in [-0.25, -0.2) is 34.0 Å². The third-order valence-electron chi connectivity index (χ3n) is 7.24. The summed E-state index contributed by atoms with van der Waals surface area (Å²) in [6.07, 6.45) is -7.84. The smallest absolute Gasteiger partial charge is 0.387 e. The zero-order valence-electron chi connectivity index (χ0n) is 21.9. The van der Waals surface area contributed by atoms with Gasteiger partial charge in [0.1, 0.15) is 48.5 Å². The van der Waals surface area contributed by atoms with Gasteiger partial charge in [-0.3, -0.25) is 32.0 Å². The minimum Gasteiger partial charge on any atom is -0.387 e. The Kier molecular flexibility index (Phi) is 7.16. The third kappa shape index (κ3) is 5.04. The lowest BCUT2D eigenvalue weighted by Crippen LogP contribution is -2.36. The van der Waals surface area contributed by atoms with Crippen LogP contribution in [0.5, 0.6) is 0 Å². The number of imidazole rings is 2. The minimum atomic E-state index is -5.07. The first-order valence-corrected chi connectivity index (χ1v) is 15.7. The third-order valence-corrected chi connectivity index (χ3v) is 9.21. The second-order valence-corrected chi connectivity index (χ2v) is 12.7. The minimum absolute atomic E-state index is 0.0000713. The first-order valence-electron chi connectivity index (χ1n) is 12.7. The van der Waals surface area contributed by atoms with Crippen molar-refractivity contribution < 1.29 is 56.7 Å². The second kappa shape index (κ2) is 10.7. The van der Waals surface area contributed by atoms with Crippen molar-refractivity contribution in [2.45, 2.75) is 49.1 Å². The second-order valence-electron chi connectivity index (χ2n) is 9.92. The van der Waals surface area contributed by atoms with Crippen LogP contribution >= 0.6 is 15.6 Å². The molecular formula is C20H23N9O13P2. The van der Waals surface area contributed by atoms with E-state index in [-0.39, 0.29) is 28.1 Å². The molecule has 5 unspecified atom stereocenters. The Morgan fingerprint density at radius 3 is 2.18 bits per heavy atom. The van der Waals surface area contributed by atoms with Crippen LogP contribution in [0.2, 0.25) is 0 Å². The van der Waals surface area contributed by atoms with Crippen LogP contribution in [0.4, 0.5) is 5.82 Å². The number of H-pyrrole nitrogens is 1. The summed E-state index contributed by atoms with van der Waals surface area (Å²) in [5, 5.41) is 22.1. The Balaban J connectivity index is 1.20. The maximum absolute atomic E-state index is 13.2. The molecule has 0 saturated carbocycles. The number of nitrogen functional groups attached to an aromatic ring is 1. The number of nitrogens with two attached hydrogens (primary N) is 1. The average Bonchev–Trinajstić information content (AvgIpc) is 3.73. The Morgan fingerprint density at radius 1 is 0.818 bits per heavy atom. The summed E-state index contributed by atoms with van der Waals surface area (Å²) in [4.78, 5) is 55.7. The number of hydrogen-bond donors (Lipinski definition) is 6. The molecule has 22 nitrogen and oxygen atoms in total. The monoisotopic (exact) mass is 659 g/mol. The number of rotatable bonds is 2. The molecule has 3 aliphatic heterocycles. The molecule has 44 heavy (non-hydrogen) atoms. The van der Waals surface area contributed by atoms with Gasteiger partial charge in [-0.15, -0.1) is 0 Å². The van der Waals surface area contributed by atoms with Gasteiger partial charge in [-0.05, 0) is 0 Å². The highest BCUT2D eigenvalue weighted by Gasteiger charge is 2.54. The zero-order valence-corrected chi connectivity index (χ0v) is 23.7. The molecule has 0 spiro atoms. The number of nitrogens with zero attached hydrogens (tertiary/aromatic N) is 7. The summed E-state index contributed by atoms with van der Waals surface area (Å²) in [7, 11) is -10.1. The highest BCUT2D eigenvalue weighted by molar-refractivity contribution is 7.47. The van der Waals surface area contributed by atoms with Crippen LogP contribution in [0, 0.1) is 0 Å². The van der Waals surface area contributed by atoms with Crippen molar-refractivity contribution in [1.29, 1.82) is 0 Å². The van der Waals surface area contributed by atoms with Crippen molar-refractivity contribution in [3.63, 3.8) is 0 Å². The van der Waals surface area contributed by atoms with Crippen molar-refractivity contribution in [3.8, 4) is 0 Å². The molecule has 4 aromatic rings. The Labute approximate surface area is 243 Å². The lowest BCUT2D eigenvalue weighted by molar-refractivity contribution is -0.0672. The van der Waals surface area contributed by atoms with Gasteiger partial charge in [-0.1, -0.05) is 0 Å². The van der Waals surface area contributed by atoms with E-state index in [1.165, 1.54) is 15.5 Å². The normalized spacial score (nSPS) is 38.3. The van der Waals surface area contributed by atoms with Gasteiger partial charge in [0.15, 0.2) is 35.1 Å². The van der Waals surface area contributed by atoms with E-state index >= 15 is 0 Å². The summed E-state index contributed by atoms with van der Waals surface area (Å²) in [5.41, 5.74) is 5.47. The molecule has 7 N–H and O–H groups in total. The molecule has 4 aromatic heterocycles. The summed E-state index contributed by atoms with van der Waals surface area (Å²) in [6, 6.07) is 0. The molecule has 0 amide bonds. The van der Waals surface area contributed by atoms with Gasteiger partial charge in [0.2, 0.25) is 0 Å². The van der Waals surface area contributed by atoms with Crippen LogP contribution in [0.3, 0.4) is 0 Å². The van der Waals surface area contributed by atoms with E-state index in [9.17, 15) is 33.9 Å². The highest BCUT2D eigenvalue weighted by atomic mass is 31.2. The van der Waals surface area contributed by atoms with Gasteiger partial charge in [0.05, 0.1) is 32.2 Å². The maximum atomic E-state index is 13.2. The number of hydrogen-bond acceptors (Lipinski definition) is 17. The predicted octanol–water partition coefficient (Wildman–Crippen LogP) is -1.92. The fraction of sp³-hybridized carbons (Fsp3) is 0.500. The number of aromatic nitrogens is 8. The van der Waals surface area contributed by atoms with Crippen molar-refractivity contribution in [2.24, 2.45) is 0 Å². The fourth-order valence-corrected chi connectivity index (χ4v) is 7.11. The SMILES string of the molecule is Nc1ncnc2c1ncn2[C@H]1OC2COP(=O)(O)O[C@@H]3C(COP(=O)(O)O[C@@H]1[C@@H]2O)OC(n1cnc2c(=O)[nH]cnc21)[C@@H]3O. The van der Waals surface area contributed by atoms with Crippen LogP contribution in [0.25, 0.3) is 22.3 Å². The summed E-state index contributed by atoms with van der Waals surface area (Å²) in [5.74, 6) is 0.0270. The molecule has 10 atom stereocenters. The van der Waals surface area contributed by atoms with Crippen molar-refractivity contribution in [2.75, 3.05) is 18.9 Å². The molecule has 0 aromatic carbocycles. The first kappa shape index (κ1) is 29.5. The van der Waals surface area contributed by atoms with E-state index in [1.807, 2.05) is 0 Å². The lowest BCUT2D eigenvalue weighted by atomic mass is 10.1. The molecule has 2 bridgehead atoms. The van der Waals surface area contributed by atoms with E-state index in [1.54, 1.807) is 0 Å². The molecular weight excluding hydrogens is 636 g/mol. The molecule has 236 valence electrons. The Morgan fingerprint density at radius 2 is 1.43 bits per heavy atom. The number of phosphoric ester groups is 2. The van der Waals surface area contributed by atoms with Crippen LogP contribution in [-0.4, -0.2) is 109 Å². The molecule has 7 rings (SSSR count). The number of aliphatic hydroxyl groups is 2. The molecule has 7 heterocycles. The largest absolute Gasteiger partial charge is 0.472 e. The number of ether oxygens (including phenoxy) is 2. The molecule has 3 saturated heterocycles. The van der Waals surface area contributed by atoms with Gasteiger partial charge < -0.3 is 40.2 Å². The van der Waals surface area contributed by atoms with Crippen LogP contribution in [0.15, 0.2) is 30.1 Å². The topological polar surface area (TPSA) is 304 Å². The first-order chi connectivity index (χ1) is 20.9. The number of nitrogens with one attached hydrogen (secondary N) is 1. The van der Waals surface area contributed by atoms with Crippen molar-refractivity contribution >= 4 is 43.8 Å². The molecule has 0 aliphatic carbocycles. The Hall–Kier alpha value is -3.24. The van der Waals surface area contributed by atoms with E-state index in [4.69, 9.17) is 33.3 Å². The fourth-order valence-electron chi connectivity index (χ4n) is 5.22. The predicted molar refractivity (Wildman–Crippen MR) is 139 cm³/mol. The van der Waals surface area contributed by atoms with Crippen LogP contribution in [0.1, 0.15) is 12.5 Å². The number of phosphoric acid groups is 2. The van der Waals surface area contributed by atoms with Gasteiger partial charge in [0, 0.05) is 0 Å². The van der Waals surface area contributed by atoms with Crippen LogP contribution in [-0.2, 0) is 36.7 Å².